The molecule has 0 spiro atoms. The fourth-order valence-electron chi connectivity index (χ4n) is 4.42. The van der Waals surface area contributed by atoms with Gasteiger partial charge in [0.25, 0.3) is 0 Å². The largest absolute Gasteiger partial charge is 0.487 e. The van der Waals surface area contributed by atoms with E-state index in [1.807, 2.05) is 13.1 Å². The fraction of sp³-hybridized carbons (Fsp3) is 0.650. The van der Waals surface area contributed by atoms with Gasteiger partial charge in [-0.05, 0) is 19.9 Å². The van der Waals surface area contributed by atoms with Crippen molar-refractivity contribution in [3.05, 3.63) is 29.8 Å². The molecule has 2 unspecified atom stereocenters. The molecule has 5 rings (SSSR count). The molecule has 7 heteroatoms. The quantitative estimate of drug-likeness (QED) is 0.390. The summed E-state index contributed by atoms with van der Waals surface area (Å²) in [6.07, 6.45) is 0.911. The van der Waals surface area contributed by atoms with Gasteiger partial charge in [0.15, 0.2) is 5.96 Å². The monoisotopic (exact) mass is 485 g/mol. The standard InChI is InChI=1S/C20H31N5O.HI/c1-20(2)12-17(16-6-4-5-7-18(16)26-20)23-19(21-3)22-13-15-14-24-8-10-25(15)11-9-24;/h4-7,15,17H,8-14H2,1-3H3,(H2,21,22,23);1H. The lowest BCUT2D eigenvalue weighted by atomic mass is 9.90. The summed E-state index contributed by atoms with van der Waals surface area (Å²) in [6, 6.07) is 9.09. The van der Waals surface area contributed by atoms with E-state index in [4.69, 9.17) is 4.74 Å². The number of para-hydroxylation sites is 1. The molecule has 150 valence electrons. The molecule has 0 aliphatic carbocycles. The number of fused-ring (bicyclic) bond motifs is 4. The number of hydrogen-bond acceptors (Lipinski definition) is 4. The highest BCUT2D eigenvalue weighted by Gasteiger charge is 2.35. The maximum absolute atomic E-state index is 6.14. The molecule has 1 aromatic carbocycles. The van der Waals surface area contributed by atoms with Crippen molar-refractivity contribution >= 4 is 29.9 Å². The molecule has 0 aromatic heterocycles. The molecule has 0 saturated carbocycles. The average Bonchev–Trinajstić information content (AvgIpc) is 2.65. The summed E-state index contributed by atoms with van der Waals surface area (Å²) in [5.74, 6) is 1.85. The predicted octanol–water partition coefficient (Wildman–Crippen LogP) is 2.07. The first kappa shape index (κ1) is 20.7. The number of hydrogen-bond donors (Lipinski definition) is 2. The molecule has 2 atom stereocenters. The van der Waals surface area contributed by atoms with Crippen LogP contribution in [0.3, 0.4) is 0 Å². The third kappa shape index (κ3) is 4.68. The molecule has 6 nitrogen and oxygen atoms in total. The molecule has 2 N–H and O–H groups in total. The summed E-state index contributed by atoms with van der Waals surface area (Å²) in [4.78, 5) is 9.64. The third-order valence-electron chi connectivity index (χ3n) is 5.81. The summed E-state index contributed by atoms with van der Waals surface area (Å²) in [7, 11) is 1.85. The van der Waals surface area contributed by atoms with Gasteiger partial charge >= 0.3 is 0 Å². The Labute approximate surface area is 179 Å². The average molecular weight is 485 g/mol. The van der Waals surface area contributed by atoms with Crippen molar-refractivity contribution in [2.45, 2.75) is 38.0 Å². The molecular formula is C20H32IN5O. The summed E-state index contributed by atoms with van der Waals surface area (Å²) >= 11 is 0. The lowest BCUT2D eigenvalue weighted by Crippen LogP contribution is -2.64. The molecule has 0 radical (unpaired) electrons. The van der Waals surface area contributed by atoms with Crippen LogP contribution in [-0.4, -0.2) is 73.7 Å². The number of nitrogens with one attached hydrogen (secondary N) is 2. The second-order valence-corrected chi connectivity index (χ2v) is 8.24. The van der Waals surface area contributed by atoms with E-state index >= 15 is 0 Å². The first-order valence-electron chi connectivity index (χ1n) is 9.75. The van der Waals surface area contributed by atoms with Gasteiger partial charge in [-0.2, -0.15) is 0 Å². The van der Waals surface area contributed by atoms with Crippen LogP contribution >= 0.6 is 24.0 Å². The number of benzene rings is 1. The van der Waals surface area contributed by atoms with Crippen molar-refractivity contribution in [3.63, 3.8) is 0 Å². The van der Waals surface area contributed by atoms with Crippen LogP contribution in [0.25, 0.3) is 0 Å². The maximum Gasteiger partial charge on any atom is 0.191 e. The van der Waals surface area contributed by atoms with Gasteiger partial charge in [-0.3, -0.25) is 14.8 Å². The van der Waals surface area contributed by atoms with E-state index < -0.39 is 0 Å². The highest BCUT2D eigenvalue weighted by atomic mass is 127. The lowest BCUT2D eigenvalue weighted by Gasteiger charge is -2.47. The molecule has 27 heavy (non-hydrogen) atoms. The highest BCUT2D eigenvalue weighted by molar-refractivity contribution is 14.0. The van der Waals surface area contributed by atoms with E-state index in [-0.39, 0.29) is 35.6 Å². The van der Waals surface area contributed by atoms with E-state index in [0.29, 0.717) is 6.04 Å². The van der Waals surface area contributed by atoms with Gasteiger partial charge in [0.1, 0.15) is 11.4 Å². The predicted molar refractivity (Wildman–Crippen MR) is 120 cm³/mol. The van der Waals surface area contributed by atoms with Gasteiger partial charge < -0.3 is 15.4 Å². The van der Waals surface area contributed by atoms with Crippen LogP contribution in [0.4, 0.5) is 0 Å². The zero-order valence-electron chi connectivity index (χ0n) is 16.6. The topological polar surface area (TPSA) is 52.1 Å². The number of piperazine rings is 3. The first-order chi connectivity index (χ1) is 12.5. The Kier molecular flexibility index (Phi) is 6.53. The Morgan fingerprint density at radius 2 is 1.96 bits per heavy atom. The van der Waals surface area contributed by atoms with Crippen molar-refractivity contribution in [3.8, 4) is 5.75 Å². The number of guanidine groups is 1. The number of ether oxygens (including phenoxy) is 1. The van der Waals surface area contributed by atoms with E-state index in [9.17, 15) is 0 Å². The van der Waals surface area contributed by atoms with Gasteiger partial charge in [0.05, 0.1) is 6.04 Å². The molecule has 3 saturated heterocycles. The van der Waals surface area contributed by atoms with E-state index in [0.717, 1.165) is 31.2 Å². The Hall–Kier alpha value is -1.06. The number of aliphatic imine (C=N–C) groups is 1. The second-order valence-electron chi connectivity index (χ2n) is 8.24. The van der Waals surface area contributed by atoms with Crippen LogP contribution in [0, 0.1) is 0 Å². The van der Waals surface area contributed by atoms with Gasteiger partial charge in [0.2, 0.25) is 0 Å². The van der Waals surface area contributed by atoms with Crippen molar-refractivity contribution in [2.24, 2.45) is 4.99 Å². The summed E-state index contributed by atoms with van der Waals surface area (Å²) < 4.78 is 6.14. The summed E-state index contributed by atoms with van der Waals surface area (Å²) in [5, 5.41) is 7.19. The number of nitrogens with zero attached hydrogens (tertiary/aromatic N) is 3. The summed E-state index contributed by atoms with van der Waals surface area (Å²) in [6.45, 7) is 11.2. The van der Waals surface area contributed by atoms with Crippen molar-refractivity contribution < 1.29 is 4.74 Å². The maximum atomic E-state index is 6.14. The smallest absolute Gasteiger partial charge is 0.191 e. The molecule has 1 aromatic rings. The van der Waals surface area contributed by atoms with E-state index in [2.05, 4.69) is 57.5 Å². The zero-order valence-corrected chi connectivity index (χ0v) is 18.9. The van der Waals surface area contributed by atoms with Gasteiger partial charge in [-0.15, -0.1) is 24.0 Å². The van der Waals surface area contributed by atoms with Crippen LogP contribution in [0.1, 0.15) is 31.9 Å². The van der Waals surface area contributed by atoms with Crippen molar-refractivity contribution in [2.75, 3.05) is 46.3 Å². The Morgan fingerprint density at radius 1 is 1.22 bits per heavy atom. The molecule has 4 aliphatic heterocycles. The first-order valence-corrected chi connectivity index (χ1v) is 9.75. The van der Waals surface area contributed by atoms with Gasteiger partial charge in [-0.25, -0.2) is 0 Å². The summed E-state index contributed by atoms with van der Waals surface area (Å²) in [5.41, 5.74) is 1.02. The van der Waals surface area contributed by atoms with Crippen LogP contribution in [0.15, 0.2) is 29.3 Å². The fourth-order valence-corrected chi connectivity index (χ4v) is 4.42. The molecule has 4 aliphatic rings. The minimum atomic E-state index is -0.188. The zero-order chi connectivity index (χ0) is 18.1. The van der Waals surface area contributed by atoms with Crippen LogP contribution in [0.2, 0.25) is 0 Å². The normalized spacial score (nSPS) is 31.3. The minimum Gasteiger partial charge on any atom is -0.487 e. The second kappa shape index (κ2) is 8.53. The minimum absolute atomic E-state index is 0. The Morgan fingerprint density at radius 3 is 2.63 bits per heavy atom. The molecule has 0 amide bonds. The van der Waals surface area contributed by atoms with Crippen molar-refractivity contribution in [1.29, 1.82) is 0 Å². The Bertz CT molecular complexity index is 672. The third-order valence-corrected chi connectivity index (χ3v) is 5.81. The number of rotatable bonds is 3. The highest BCUT2D eigenvalue weighted by Crippen LogP contribution is 2.39. The molecule has 4 heterocycles. The Balaban J connectivity index is 0.00000210. The number of halogens is 1. The SMILES string of the molecule is CN=C(NCC1CN2CCN1CC2)NC1CC(C)(C)Oc2ccccc21.I. The van der Waals surface area contributed by atoms with Crippen LogP contribution in [-0.2, 0) is 0 Å². The van der Waals surface area contributed by atoms with E-state index in [1.165, 1.54) is 31.7 Å². The lowest BCUT2D eigenvalue weighted by molar-refractivity contribution is 0.0153. The van der Waals surface area contributed by atoms with Crippen LogP contribution < -0.4 is 15.4 Å². The van der Waals surface area contributed by atoms with E-state index in [1.54, 1.807) is 0 Å². The molecular weight excluding hydrogens is 453 g/mol. The molecule has 2 bridgehead atoms. The molecule has 3 fully saturated rings. The van der Waals surface area contributed by atoms with Gasteiger partial charge in [0, 0.05) is 64.3 Å². The van der Waals surface area contributed by atoms with Crippen molar-refractivity contribution in [1.82, 2.24) is 20.4 Å². The van der Waals surface area contributed by atoms with Gasteiger partial charge in [-0.1, -0.05) is 18.2 Å². The van der Waals surface area contributed by atoms with Crippen LogP contribution in [0.5, 0.6) is 5.75 Å².